The average molecular weight is 345 g/mol. The molecule has 0 unspecified atom stereocenters. The SMILES string of the molecule is CCCNC(=O)C1CCN(C(=O)c2ccc(C)c(NC(C)=O)c2)CC1. The minimum atomic E-state index is -0.161. The molecule has 0 aromatic heterocycles. The van der Waals surface area contributed by atoms with Gasteiger partial charge in [-0.3, -0.25) is 14.4 Å². The van der Waals surface area contributed by atoms with E-state index in [2.05, 4.69) is 10.6 Å². The molecule has 1 aromatic carbocycles. The third-order valence-electron chi connectivity index (χ3n) is 4.50. The number of carbonyl (C=O) groups is 3. The van der Waals surface area contributed by atoms with Crippen LogP contribution in [0.3, 0.4) is 0 Å². The molecule has 1 saturated heterocycles. The zero-order valence-corrected chi connectivity index (χ0v) is 15.2. The molecule has 0 spiro atoms. The van der Waals surface area contributed by atoms with Crippen molar-refractivity contribution in [1.29, 1.82) is 0 Å². The van der Waals surface area contributed by atoms with Crippen LogP contribution in [0.15, 0.2) is 18.2 Å². The molecule has 25 heavy (non-hydrogen) atoms. The van der Waals surface area contributed by atoms with Crippen molar-refractivity contribution in [1.82, 2.24) is 10.2 Å². The van der Waals surface area contributed by atoms with Crippen molar-refractivity contribution in [3.05, 3.63) is 29.3 Å². The molecular weight excluding hydrogens is 318 g/mol. The Morgan fingerprint density at radius 3 is 2.48 bits per heavy atom. The van der Waals surface area contributed by atoms with Crippen LogP contribution in [0, 0.1) is 12.8 Å². The molecular formula is C19H27N3O3. The van der Waals surface area contributed by atoms with E-state index in [1.54, 1.807) is 17.0 Å². The van der Waals surface area contributed by atoms with Crippen LogP contribution in [0.2, 0.25) is 0 Å². The van der Waals surface area contributed by atoms with Crippen LogP contribution in [-0.4, -0.2) is 42.3 Å². The summed E-state index contributed by atoms with van der Waals surface area (Å²) in [7, 11) is 0. The molecule has 1 fully saturated rings. The normalized spacial score (nSPS) is 14.9. The Hall–Kier alpha value is -2.37. The lowest BCUT2D eigenvalue weighted by Gasteiger charge is -2.31. The van der Waals surface area contributed by atoms with Gasteiger partial charge in [-0.25, -0.2) is 0 Å². The summed E-state index contributed by atoms with van der Waals surface area (Å²) < 4.78 is 0. The molecule has 2 rings (SSSR count). The maximum Gasteiger partial charge on any atom is 0.253 e. The number of rotatable bonds is 5. The lowest BCUT2D eigenvalue weighted by molar-refractivity contribution is -0.126. The van der Waals surface area contributed by atoms with Crippen molar-refractivity contribution in [3.8, 4) is 0 Å². The van der Waals surface area contributed by atoms with Gasteiger partial charge >= 0.3 is 0 Å². The number of amides is 3. The van der Waals surface area contributed by atoms with Crippen LogP contribution in [0.4, 0.5) is 5.69 Å². The van der Waals surface area contributed by atoms with Gasteiger partial charge in [-0.2, -0.15) is 0 Å². The average Bonchev–Trinajstić information content (AvgIpc) is 2.60. The van der Waals surface area contributed by atoms with Gasteiger partial charge in [0.1, 0.15) is 0 Å². The smallest absolute Gasteiger partial charge is 0.253 e. The number of benzene rings is 1. The van der Waals surface area contributed by atoms with E-state index in [9.17, 15) is 14.4 Å². The van der Waals surface area contributed by atoms with Gasteiger partial charge in [-0.05, 0) is 43.9 Å². The van der Waals surface area contributed by atoms with Gasteiger partial charge in [-0.15, -0.1) is 0 Å². The Labute approximate surface area is 149 Å². The number of hydrogen-bond donors (Lipinski definition) is 2. The molecule has 136 valence electrons. The molecule has 0 atom stereocenters. The summed E-state index contributed by atoms with van der Waals surface area (Å²) >= 11 is 0. The summed E-state index contributed by atoms with van der Waals surface area (Å²) in [6.45, 7) is 7.21. The third-order valence-corrected chi connectivity index (χ3v) is 4.50. The number of hydrogen-bond acceptors (Lipinski definition) is 3. The molecule has 0 saturated carbocycles. The molecule has 1 heterocycles. The summed E-state index contributed by atoms with van der Waals surface area (Å²) in [6, 6.07) is 5.34. The third kappa shape index (κ3) is 5.05. The number of nitrogens with zero attached hydrogens (tertiary/aromatic N) is 1. The van der Waals surface area contributed by atoms with E-state index >= 15 is 0 Å². The highest BCUT2D eigenvalue weighted by Crippen LogP contribution is 2.22. The molecule has 1 aliphatic rings. The highest BCUT2D eigenvalue weighted by molar-refractivity contribution is 5.97. The second-order valence-electron chi connectivity index (χ2n) is 6.57. The van der Waals surface area contributed by atoms with Crippen LogP contribution < -0.4 is 10.6 Å². The molecule has 1 aromatic rings. The maximum absolute atomic E-state index is 12.7. The molecule has 0 bridgehead atoms. The Morgan fingerprint density at radius 2 is 1.88 bits per heavy atom. The number of anilines is 1. The zero-order valence-electron chi connectivity index (χ0n) is 15.2. The first-order chi connectivity index (χ1) is 11.9. The molecule has 0 aliphatic carbocycles. The monoisotopic (exact) mass is 345 g/mol. The minimum absolute atomic E-state index is 0.0106. The van der Waals surface area contributed by atoms with E-state index in [-0.39, 0.29) is 23.6 Å². The van der Waals surface area contributed by atoms with Crippen LogP contribution in [0.25, 0.3) is 0 Å². The van der Waals surface area contributed by atoms with Gasteiger partial charge in [0.05, 0.1) is 0 Å². The fraction of sp³-hybridized carbons (Fsp3) is 0.526. The molecule has 2 N–H and O–H groups in total. The predicted molar refractivity (Wildman–Crippen MR) is 97.4 cm³/mol. The minimum Gasteiger partial charge on any atom is -0.356 e. The Balaban J connectivity index is 1.98. The van der Waals surface area contributed by atoms with E-state index < -0.39 is 0 Å². The van der Waals surface area contributed by atoms with Crippen LogP contribution in [0.5, 0.6) is 0 Å². The zero-order chi connectivity index (χ0) is 18.4. The largest absolute Gasteiger partial charge is 0.356 e. The van der Waals surface area contributed by atoms with Gasteiger partial charge < -0.3 is 15.5 Å². The van der Waals surface area contributed by atoms with Gasteiger partial charge in [-0.1, -0.05) is 13.0 Å². The summed E-state index contributed by atoms with van der Waals surface area (Å²) in [5.41, 5.74) is 2.13. The van der Waals surface area contributed by atoms with Crippen molar-refractivity contribution in [3.63, 3.8) is 0 Å². The van der Waals surface area contributed by atoms with Crippen molar-refractivity contribution >= 4 is 23.4 Å². The highest BCUT2D eigenvalue weighted by Gasteiger charge is 2.27. The first kappa shape index (κ1) is 19.0. The van der Waals surface area contributed by atoms with Crippen molar-refractivity contribution in [2.24, 2.45) is 5.92 Å². The topological polar surface area (TPSA) is 78.5 Å². The van der Waals surface area contributed by atoms with Crippen molar-refractivity contribution in [2.75, 3.05) is 25.0 Å². The fourth-order valence-corrected chi connectivity index (χ4v) is 3.00. The van der Waals surface area contributed by atoms with E-state index in [1.165, 1.54) is 6.92 Å². The first-order valence-corrected chi connectivity index (χ1v) is 8.87. The van der Waals surface area contributed by atoms with Crippen LogP contribution >= 0.6 is 0 Å². The van der Waals surface area contributed by atoms with Gasteiger partial charge in [0.25, 0.3) is 5.91 Å². The molecule has 6 nitrogen and oxygen atoms in total. The summed E-state index contributed by atoms with van der Waals surface area (Å²) in [5.74, 6) is -0.133. The quantitative estimate of drug-likeness (QED) is 0.860. The molecule has 3 amide bonds. The number of piperidine rings is 1. The molecule has 6 heteroatoms. The number of likely N-dealkylation sites (tertiary alicyclic amines) is 1. The van der Waals surface area contributed by atoms with E-state index in [4.69, 9.17) is 0 Å². The van der Waals surface area contributed by atoms with E-state index in [1.807, 2.05) is 19.9 Å². The van der Waals surface area contributed by atoms with Gasteiger partial charge in [0.2, 0.25) is 11.8 Å². The Morgan fingerprint density at radius 1 is 1.20 bits per heavy atom. The number of aryl methyl sites for hydroxylation is 1. The Bertz CT molecular complexity index is 649. The fourth-order valence-electron chi connectivity index (χ4n) is 3.00. The lowest BCUT2D eigenvalue weighted by atomic mass is 9.95. The molecule has 1 aliphatic heterocycles. The summed E-state index contributed by atoms with van der Waals surface area (Å²) in [5, 5.41) is 5.68. The van der Waals surface area contributed by atoms with Gasteiger partial charge in [0, 0.05) is 43.7 Å². The summed E-state index contributed by atoms with van der Waals surface area (Å²) in [4.78, 5) is 37.8. The number of nitrogens with one attached hydrogen (secondary N) is 2. The van der Waals surface area contributed by atoms with Crippen molar-refractivity contribution < 1.29 is 14.4 Å². The summed E-state index contributed by atoms with van der Waals surface area (Å²) in [6.07, 6.45) is 2.30. The second-order valence-corrected chi connectivity index (χ2v) is 6.57. The molecule has 0 radical (unpaired) electrons. The predicted octanol–water partition coefficient (Wildman–Crippen LogP) is 2.33. The van der Waals surface area contributed by atoms with E-state index in [0.29, 0.717) is 43.7 Å². The maximum atomic E-state index is 12.7. The number of carbonyl (C=O) groups excluding carboxylic acids is 3. The standard InChI is InChI=1S/C19H27N3O3/c1-4-9-20-18(24)15-7-10-22(11-8-15)19(25)16-6-5-13(2)17(12-16)21-14(3)23/h5-6,12,15H,4,7-11H2,1-3H3,(H,20,24)(H,21,23). The van der Waals surface area contributed by atoms with E-state index in [0.717, 1.165) is 12.0 Å². The second kappa shape index (κ2) is 8.65. The highest BCUT2D eigenvalue weighted by atomic mass is 16.2. The Kier molecular flexibility index (Phi) is 6.56. The van der Waals surface area contributed by atoms with Crippen LogP contribution in [-0.2, 0) is 9.59 Å². The van der Waals surface area contributed by atoms with Crippen LogP contribution in [0.1, 0.15) is 49.0 Å². The van der Waals surface area contributed by atoms with Crippen molar-refractivity contribution in [2.45, 2.75) is 40.0 Å². The first-order valence-electron chi connectivity index (χ1n) is 8.87. The lowest BCUT2D eigenvalue weighted by Crippen LogP contribution is -2.43. The van der Waals surface area contributed by atoms with Gasteiger partial charge in [0.15, 0.2) is 0 Å².